The lowest BCUT2D eigenvalue weighted by Crippen LogP contribution is -2.04. The highest BCUT2D eigenvalue weighted by atomic mass is 15.0. The van der Waals surface area contributed by atoms with Crippen LogP contribution in [0.5, 0.6) is 0 Å². The molecule has 4 aromatic carbocycles. The van der Waals surface area contributed by atoms with Crippen LogP contribution in [0.4, 0.5) is 0 Å². The maximum atomic E-state index is 9.50. The molecule has 7 rings (SSSR count). The number of nitrogens with zero attached hydrogens (tertiary/aromatic N) is 4. The van der Waals surface area contributed by atoms with E-state index < -0.39 is 0 Å². The molecule has 1 aliphatic rings. The van der Waals surface area contributed by atoms with Gasteiger partial charge in [-0.05, 0) is 73.5 Å². The molecule has 0 bridgehead atoms. The Bertz CT molecular complexity index is 1900. The fourth-order valence-electron chi connectivity index (χ4n) is 5.68. The van der Waals surface area contributed by atoms with Gasteiger partial charge in [-0.3, -0.25) is 0 Å². The number of nitriles is 2. The fourth-order valence-corrected chi connectivity index (χ4v) is 5.68. The van der Waals surface area contributed by atoms with Gasteiger partial charge in [0.25, 0.3) is 0 Å². The number of fused-ring (bicyclic) bond motifs is 6. The van der Waals surface area contributed by atoms with Gasteiger partial charge in [-0.15, -0.1) is 0 Å². The molecule has 6 aromatic rings. The van der Waals surface area contributed by atoms with Gasteiger partial charge in [0.05, 0.1) is 39.8 Å². The molecule has 0 N–H and O–H groups in total. The number of para-hydroxylation sites is 1. The number of hydrogen-bond acceptors (Lipinski definition) is 2. The molecule has 0 aliphatic heterocycles. The molecule has 1 aliphatic carbocycles. The first kappa shape index (κ1) is 20.3. The molecule has 0 atom stereocenters. The molecule has 0 saturated heterocycles. The van der Waals surface area contributed by atoms with E-state index in [0.717, 1.165) is 46.0 Å². The second-order valence-electron chi connectivity index (χ2n) is 9.20. The first-order chi connectivity index (χ1) is 17.8. The lowest BCUT2D eigenvalue weighted by molar-refractivity contribution is 0.888. The average molecular weight is 461 g/mol. The van der Waals surface area contributed by atoms with Gasteiger partial charge < -0.3 is 9.13 Å². The Morgan fingerprint density at radius 2 is 1.25 bits per heavy atom. The summed E-state index contributed by atoms with van der Waals surface area (Å²) in [5.41, 5.74) is 9.27. The second kappa shape index (κ2) is 7.73. The molecule has 0 amide bonds. The molecule has 4 heteroatoms. The third-order valence-corrected chi connectivity index (χ3v) is 7.22. The van der Waals surface area contributed by atoms with E-state index in [-0.39, 0.29) is 0 Å². The molecule has 36 heavy (non-hydrogen) atoms. The fraction of sp³-hybridized carbons (Fsp3) is 0.0625. The zero-order valence-electron chi connectivity index (χ0n) is 19.4. The van der Waals surface area contributed by atoms with Crippen LogP contribution in [0.3, 0.4) is 0 Å². The number of allylic oxidation sites excluding steroid dienone is 1. The van der Waals surface area contributed by atoms with Gasteiger partial charge in [0, 0.05) is 38.8 Å². The SMILES string of the molecule is N#Cc1ccc2c(c1)c1cc(C#N)ccc1n2-c1cccc(-n2c3c(c4ccccc42)C=CCC3)c1. The van der Waals surface area contributed by atoms with Crippen LogP contribution in [0, 0.1) is 22.7 Å². The Morgan fingerprint density at radius 3 is 1.94 bits per heavy atom. The number of aromatic nitrogens is 2. The molecule has 2 aromatic heterocycles. The van der Waals surface area contributed by atoms with Crippen LogP contribution in [0.15, 0.2) is 91.0 Å². The molecule has 0 saturated carbocycles. The summed E-state index contributed by atoms with van der Waals surface area (Å²) in [5.74, 6) is 0. The van der Waals surface area contributed by atoms with Crippen molar-refractivity contribution in [2.75, 3.05) is 0 Å². The zero-order chi connectivity index (χ0) is 24.2. The molecular formula is C32H20N4. The normalized spacial score (nSPS) is 12.6. The quantitative estimate of drug-likeness (QED) is 0.270. The van der Waals surface area contributed by atoms with Crippen molar-refractivity contribution in [2.45, 2.75) is 12.8 Å². The molecular weight excluding hydrogens is 440 g/mol. The van der Waals surface area contributed by atoms with Gasteiger partial charge in [-0.1, -0.05) is 36.4 Å². The maximum Gasteiger partial charge on any atom is 0.0991 e. The van der Waals surface area contributed by atoms with Crippen molar-refractivity contribution in [2.24, 2.45) is 0 Å². The predicted octanol–water partition coefficient (Wildman–Crippen LogP) is 7.43. The summed E-state index contributed by atoms with van der Waals surface area (Å²) in [7, 11) is 0. The molecule has 0 unspecified atom stereocenters. The van der Waals surface area contributed by atoms with E-state index in [9.17, 15) is 10.5 Å². The van der Waals surface area contributed by atoms with E-state index >= 15 is 0 Å². The minimum Gasteiger partial charge on any atom is -0.313 e. The standard InChI is InChI=1S/C32H20N4/c33-19-21-12-14-31-27(16-21)28-17-22(20-34)13-15-32(28)36(31)24-7-5-6-23(18-24)35-29-10-3-1-8-25(29)26-9-2-4-11-30(26)35/h1-3,5-10,12-18H,4,11H2. The van der Waals surface area contributed by atoms with Crippen LogP contribution < -0.4 is 0 Å². The molecule has 0 spiro atoms. The minimum atomic E-state index is 0.608. The molecule has 0 fully saturated rings. The van der Waals surface area contributed by atoms with Crippen molar-refractivity contribution < 1.29 is 0 Å². The summed E-state index contributed by atoms with van der Waals surface area (Å²) >= 11 is 0. The van der Waals surface area contributed by atoms with Crippen molar-refractivity contribution in [1.29, 1.82) is 10.5 Å². The molecule has 4 nitrogen and oxygen atoms in total. The highest BCUT2D eigenvalue weighted by molar-refractivity contribution is 6.10. The van der Waals surface area contributed by atoms with Gasteiger partial charge in [-0.25, -0.2) is 0 Å². The van der Waals surface area contributed by atoms with Crippen molar-refractivity contribution in [1.82, 2.24) is 9.13 Å². The summed E-state index contributed by atoms with van der Waals surface area (Å²) in [6.45, 7) is 0. The van der Waals surface area contributed by atoms with Crippen LogP contribution in [0.25, 0.3) is 50.2 Å². The van der Waals surface area contributed by atoms with E-state index in [4.69, 9.17) is 0 Å². The monoisotopic (exact) mass is 460 g/mol. The van der Waals surface area contributed by atoms with E-state index in [1.165, 1.54) is 22.2 Å². The van der Waals surface area contributed by atoms with Crippen LogP contribution in [0.1, 0.15) is 28.8 Å². The Labute approximate surface area is 208 Å². The average Bonchev–Trinajstić information content (AvgIpc) is 3.45. The molecule has 168 valence electrons. The third-order valence-electron chi connectivity index (χ3n) is 7.22. The summed E-state index contributed by atoms with van der Waals surface area (Å²) < 4.78 is 4.63. The Hall–Kier alpha value is -5.06. The number of hydrogen-bond donors (Lipinski definition) is 0. The van der Waals surface area contributed by atoms with Gasteiger partial charge in [0.2, 0.25) is 0 Å². The minimum absolute atomic E-state index is 0.608. The number of rotatable bonds is 2. The second-order valence-corrected chi connectivity index (χ2v) is 9.20. The van der Waals surface area contributed by atoms with Crippen LogP contribution in [-0.2, 0) is 6.42 Å². The first-order valence-electron chi connectivity index (χ1n) is 12.0. The van der Waals surface area contributed by atoms with E-state index in [1.54, 1.807) is 0 Å². The largest absolute Gasteiger partial charge is 0.313 e. The van der Waals surface area contributed by atoms with Gasteiger partial charge in [0.15, 0.2) is 0 Å². The topological polar surface area (TPSA) is 57.4 Å². The van der Waals surface area contributed by atoms with Crippen molar-refractivity contribution in [3.05, 3.63) is 113 Å². The van der Waals surface area contributed by atoms with Crippen molar-refractivity contribution in [3.8, 4) is 23.5 Å². The summed E-state index contributed by atoms with van der Waals surface area (Å²) in [6, 6.07) is 33.3. The summed E-state index contributed by atoms with van der Waals surface area (Å²) in [4.78, 5) is 0. The lowest BCUT2D eigenvalue weighted by Gasteiger charge is -2.15. The zero-order valence-corrected chi connectivity index (χ0v) is 19.4. The number of benzene rings is 4. The van der Waals surface area contributed by atoms with E-state index in [2.05, 4.69) is 82.0 Å². The van der Waals surface area contributed by atoms with Crippen LogP contribution >= 0.6 is 0 Å². The Kier molecular flexibility index (Phi) is 4.37. The molecule has 2 heterocycles. The summed E-state index contributed by atoms with van der Waals surface area (Å²) in [6.07, 6.45) is 6.57. The van der Waals surface area contributed by atoms with Crippen molar-refractivity contribution >= 4 is 38.8 Å². The van der Waals surface area contributed by atoms with Gasteiger partial charge in [-0.2, -0.15) is 10.5 Å². The van der Waals surface area contributed by atoms with E-state index in [0.29, 0.717) is 11.1 Å². The summed E-state index contributed by atoms with van der Waals surface area (Å²) in [5, 5.41) is 22.2. The van der Waals surface area contributed by atoms with Gasteiger partial charge in [0.1, 0.15) is 0 Å². The third kappa shape index (κ3) is 2.86. The Morgan fingerprint density at radius 1 is 0.611 bits per heavy atom. The smallest absolute Gasteiger partial charge is 0.0991 e. The maximum absolute atomic E-state index is 9.50. The molecule has 0 radical (unpaired) electrons. The predicted molar refractivity (Wildman–Crippen MR) is 144 cm³/mol. The van der Waals surface area contributed by atoms with Crippen LogP contribution in [0.2, 0.25) is 0 Å². The lowest BCUT2D eigenvalue weighted by atomic mass is 10.0. The first-order valence-corrected chi connectivity index (χ1v) is 12.0. The highest BCUT2D eigenvalue weighted by Gasteiger charge is 2.19. The highest BCUT2D eigenvalue weighted by Crippen LogP contribution is 2.36. The van der Waals surface area contributed by atoms with E-state index in [1.807, 2.05) is 36.4 Å². The van der Waals surface area contributed by atoms with Crippen molar-refractivity contribution in [3.63, 3.8) is 0 Å². The van der Waals surface area contributed by atoms with Gasteiger partial charge >= 0.3 is 0 Å². The van der Waals surface area contributed by atoms with Crippen LogP contribution in [-0.4, -0.2) is 9.13 Å². The Balaban J connectivity index is 1.52.